The van der Waals surface area contributed by atoms with Gasteiger partial charge < -0.3 is 19.2 Å². The molecule has 158 valence electrons. The minimum Gasteiger partial charge on any atom is -0.465 e. The second-order valence-electron chi connectivity index (χ2n) is 6.62. The van der Waals surface area contributed by atoms with Crippen molar-refractivity contribution >= 4 is 40.6 Å². The molecule has 2 aromatic carbocycles. The molecule has 8 heteroatoms. The van der Waals surface area contributed by atoms with Crippen LogP contribution in [0.3, 0.4) is 0 Å². The molecule has 31 heavy (non-hydrogen) atoms. The minimum atomic E-state index is -0.680. The summed E-state index contributed by atoms with van der Waals surface area (Å²) in [6.45, 7) is 1.86. The van der Waals surface area contributed by atoms with E-state index in [9.17, 15) is 19.2 Å². The van der Waals surface area contributed by atoms with E-state index in [1.54, 1.807) is 12.1 Å². The molecular weight excluding hydrogens is 402 g/mol. The molecule has 3 rings (SSSR count). The maximum Gasteiger partial charge on any atom is 0.337 e. The Labute approximate surface area is 177 Å². The van der Waals surface area contributed by atoms with Gasteiger partial charge in [-0.25, -0.2) is 9.59 Å². The number of anilines is 1. The normalized spacial score (nSPS) is 10.8. The molecule has 0 spiro atoms. The summed E-state index contributed by atoms with van der Waals surface area (Å²) in [5, 5.41) is 2.96. The zero-order valence-electron chi connectivity index (χ0n) is 17.1. The SMILES string of the molecule is COC(=O)c1cc(NC(=O)/C=C/c2coc3ccc(C)cc3c2=O)cc(C(=O)OC)c1. The van der Waals surface area contributed by atoms with Crippen LogP contribution in [0.5, 0.6) is 0 Å². The van der Waals surface area contributed by atoms with Gasteiger partial charge >= 0.3 is 11.9 Å². The van der Waals surface area contributed by atoms with E-state index in [-0.39, 0.29) is 27.8 Å². The van der Waals surface area contributed by atoms with Crippen LogP contribution in [0.1, 0.15) is 31.8 Å². The third kappa shape index (κ3) is 4.87. The monoisotopic (exact) mass is 421 g/mol. The predicted molar refractivity (Wildman–Crippen MR) is 114 cm³/mol. The third-order valence-corrected chi connectivity index (χ3v) is 4.41. The van der Waals surface area contributed by atoms with Crippen LogP contribution < -0.4 is 10.7 Å². The Bertz CT molecular complexity index is 1240. The van der Waals surface area contributed by atoms with Crippen molar-refractivity contribution in [2.24, 2.45) is 0 Å². The molecule has 1 heterocycles. The highest BCUT2D eigenvalue weighted by molar-refractivity contribution is 6.04. The van der Waals surface area contributed by atoms with Gasteiger partial charge in [0, 0.05) is 11.8 Å². The molecule has 0 saturated heterocycles. The number of benzene rings is 2. The largest absolute Gasteiger partial charge is 0.465 e. The number of nitrogens with one attached hydrogen (secondary N) is 1. The van der Waals surface area contributed by atoms with Gasteiger partial charge in [0.1, 0.15) is 11.8 Å². The first kappa shape index (κ1) is 21.5. The Morgan fingerprint density at radius 1 is 0.968 bits per heavy atom. The van der Waals surface area contributed by atoms with E-state index in [4.69, 9.17) is 4.42 Å². The number of rotatable bonds is 5. The Hall–Kier alpha value is -4.20. The van der Waals surface area contributed by atoms with Crippen molar-refractivity contribution in [1.82, 2.24) is 0 Å². The molecule has 1 aromatic heterocycles. The van der Waals surface area contributed by atoms with Crippen molar-refractivity contribution in [1.29, 1.82) is 0 Å². The number of ether oxygens (including phenoxy) is 2. The molecule has 3 aromatic rings. The Kier molecular flexibility index (Phi) is 6.30. The minimum absolute atomic E-state index is 0.0650. The highest BCUT2D eigenvalue weighted by Gasteiger charge is 2.14. The molecule has 0 fully saturated rings. The lowest BCUT2D eigenvalue weighted by Gasteiger charge is -2.08. The summed E-state index contributed by atoms with van der Waals surface area (Å²) in [5.74, 6) is -1.94. The van der Waals surface area contributed by atoms with Crippen LogP contribution in [0.4, 0.5) is 5.69 Å². The lowest BCUT2D eigenvalue weighted by molar-refractivity contribution is -0.111. The molecule has 8 nitrogen and oxygen atoms in total. The second kappa shape index (κ2) is 9.08. The number of methoxy groups -OCH3 is 2. The van der Waals surface area contributed by atoms with Gasteiger partial charge in [0.25, 0.3) is 0 Å². The quantitative estimate of drug-likeness (QED) is 0.497. The zero-order chi connectivity index (χ0) is 22.5. The molecule has 0 aliphatic heterocycles. The standard InChI is InChI=1S/C23H19NO7/c1-13-4-6-19-18(8-13)21(26)14(12-31-19)5-7-20(25)24-17-10-15(22(27)29-2)9-16(11-17)23(28)30-3/h4-12H,1-3H3,(H,24,25)/b7-5+. The van der Waals surface area contributed by atoms with Crippen LogP contribution >= 0.6 is 0 Å². The van der Waals surface area contributed by atoms with Crippen LogP contribution in [-0.2, 0) is 14.3 Å². The van der Waals surface area contributed by atoms with Gasteiger partial charge in [-0.2, -0.15) is 0 Å². The van der Waals surface area contributed by atoms with Gasteiger partial charge in [-0.3, -0.25) is 9.59 Å². The second-order valence-corrected chi connectivity index (χ2v) is 6.62. The van der Waals surface area contributed by atoms with Crippen molar-refractivity contribution in [3.05, 3.63) is 81.2 Å². The molecule has 0 aliphatic rings. The van der Waals surface area contributed by atoms with Gasteiger partial charge in [-0.1, -0.05) is 11.6 Å². The molecule has 0 saturated carbocycles. The molecule has 1 N–H and O–H groups in total. The molecule has 0 atom stereocenters. The highest BCUT2D eigenvalue weighted by Crippen LogP contribution is 2.18. The topological polar surface area (TPSA) is 112 Å². The first-order valence-electron chi connectivity index (χ1n) is 9.15. The van der Waals surface area contributed by atoms with Crippen molar-refractivity contribution in [3.8, 4) is 0 Å². The summed E-state index contributed by atoms with van der Waals surface area (Å²) >= 11 is 0. The first-order valence-corrected chi connectivity index (χ1v) is 9.15. The van der Waals surface area contributed by atoms with Crippen LogP contribution in [0, 0.1) is 6.92 Å². The zero-order valence-corrected chi connectivity index (χ0v) is 17.1. The van der Waals surface area contributed by atoms with E-state index >= 15 is 0 Å². The van der Waals surface area contributed by atoms with E-state index in [1.165, 1.54) is 44.8 Å². The van der Waals surface area contributed by atoms with Gasteiger partial charge in [0.2, 0.25) is 5.91 Å². The summed E-state index contributed by atoms with van der Waals surface area (Å²) in [6.07, 6.45) is 3.75. The Morgan fingerprint density at radius 3 is 2.23 bits per heavy atom. The van der Waals surface area contributed by atoms with Crippen LogP contribution in [-0.4, -0.2) is 32.1 Å². The van der Waals surface area contributed by atoms with Gasteiger partial charge in [0.15, 0.2) is 5.43 Å². The lowest BCUT2D eigenvalue weighted by atomic mass is 10.1. The number of aryl methyl sites for hydroxylation is 1. The summed E-state index contributed by atoms with van der Waals surface area (Å²) in [6, 6.07) is 9.27. The number of hydrogen-bond acceptors (Lipinski definition) is 7. The number of carbonyl (C=O) groups is 3. The Balaban J connectivity index is 1.86. The van der Waals surface area contributed by atoms with Gasteiger partial charge in [0.05, 0.1) is 36.3 Å². The highest BCUT2D eigenvalue weighted by atomic mass is 16.5. The van der Waals surface area contributed by atoms with E-state index in [0.29, 0.717) is 11.0 Å². The van der Waals surface area contributed by atoms with Gasteiger partial charge in [-0.05, 0) is 43.3 Å². The molecule has 0 aliphatic carbocycles. The van der Waals surface area contributed by atoms with E-state index in [2.05, 4.69) is 14.8 Å². The van der Waals surface area contributed by atoms with Crippen molar-refractivity contribution in [2.45, 2.75) is 6.92 Å². The third-order valence-electron chi connectivity index (χ3n) is 4.41. The summed E-state index contributed by atoms with van der Waals surface area (Å²) < 4.78 is 14.8. The Morgan fingerprint density at radius 2 is 1.61 bits per heavy atom. The van der Waals surface area contributed by atoms with Crippen LogP contribution in [0.2, 0.25) is 0 Å². The molecule has 0 unspecified atom stereocenters. The van der Waals surface area contributed by atoms with E-state index in [1.807, 2.05) is 13.0 Å². The smallest absolute Gasteiger partial charge is 0.337 e. The summed E-state index contributed by atoms with van der Waals surface area (Å²) in [7, 11) is 2.40. The predicted octanol–water partition coefficient (Wildman–Crippen LogP) is 3.33. The fourth-order valence-electron chi connectivity index (χ4n) is 2.90. The van der Waals surface area contributed by atoms with Crippen molar-refractivity contribution in [2.75, 3.05) is 19.5 Å². The fourth-order valence-corrected chi connectivity index (χ4v) is 2.90. The van der Waals surface area contributed by atoms with Gasteiger partial charge in [-0.15, -0.1) is 0 Å². The molecule has 0 radical (unpaired) electrons. The van der Waals surface area contributed by atoms with E-state index in [0.717, 1.165) is 11.6 Å². The van der Waals surface area contributed by atoms with Crippen LogP contribution in [0.15, 0.2) is 57.9 Å². The average Bonchev–Trinajstić information content (AvgIpc) is 2.77. The fraction of sp³-hybridized carbons (Fsp3) is 0.130. The lowest BCUT2D eigenvalue weighted by Crippen LogP contribution is -2.12. The number of fused-ring (bicyclic) bond motifs is 1. The average molecular weight is 421 g/mol. The molecular formula is C23H19NO7. The molecule has 0 bridgehead atoms. The maximum atomic E-state index is 12.6. The summed E-state index contributed by atoms with van der Waals surface area (Å²) in [5.41, 5.74) is 1.60. The molecule has 1 amide bonds. The summed E-state index contributed by atoms with van der Waals surface area (Å²) in [4.78, 5) is 48.7. The number of esters is 2. The number of carbonyl (C=O) groups excluding carboxylic acids is 3. The number of amides is 1. The van der Waals surface area contributed by atoms with Crippen molar-refractivity contribution < 1.29 is 28.3 Å². The van der Waals surface area contributed by atoms with Crippen LogP contribution in [0.25, 0.3) is 17.0 Å². The van der Waals surface area contributed by atoms with E-state index < -0.39 is 17.8 Å². The number of hydrogen-bond donors (Lipinski definition) is 1. The first-order chi connectivity index (χ1) is 14.8. The maximum absolute atomic E-state index is 12.6. The van der Waals surface area contributed by atoms with Crippen molar-refractivity contribution in [3.63, 3.8) is 0 Å².